The molecule has 6 rings (SSSR count). The SMILES string of the molecule is C=C(C)C(=O)OC(CC(C)(C)Sc1ccccc1)(CC(C)(C)Sc1ccccc1)CC(C)(C)Sc1ccccc1.C=CC(=O)NC(CC(C)(C)Sc1ccccc1)(CC(C)(C)Sc1ccccc1)CC(C)(C)Sc1ccccc1. The van der Waals surface area contributed by atoms with Crippen molar-refractivity contribution in [3.63, 3.8) is 0 Å². The highest BCUT2D eigenvalue weighted by molar-refractivity contribution is 8.02. The van der Waals surface area contributed by atoms with E-state index in [1.165, 1.54) is 35.4 Å². The molecule has 0 aromatic heterocycles. The third-order valence-corrected chi connectivity index (χ3v) is 19.8. The van der Waals surface area contributed by atoms with Crippen LogP contribution >= 0.6 is 70.6 Å². The lowest BCUT2D eigenvalue weighted by molar-refractivity contribution is -0.159. The van der Waals surface area contributed by atoms with E-state index in [0.717, 1.165) is 19.3 Å². The first kappa shape index (κ1) is 65.6. The molecule has 6 aromatic rings. The van der Waals surface area contributed by atoms with Gasteiger partial charge in [-0.3, -0.25) is 4.79 Å². The zero-order valence-corrected chi connectivity index (χ0v) is 54.1. The highest BCUT2D eigenvalue weighted by Gasteiger charge is 2.49. The fraction of sp³-hybridized carbons (Fsp3) is 0.391. The Balaban J connectivity index is 0.000000291. The molecular weight excluding hydrogens is 1080 g/mol. The Morgan fingerprint density at radius 3 is 0.785 bits per heavy atom. The van der Waals surface area contributed by atoms with Gasteiger partial charge in [-0.25, -0.2) is 4.79 Å². The van der Waals surface area contributed by atoms with Crippen molar-refractivity contribution < 1.29 is 14.3 Å². The van der Waals surface area contributed by atoms with Crippen molar-refractivity contribution >= 4 is 82.4 Å². The largest absolute Gasteiger partial charge is 0.456 e. The summed E-state index contributed by atoms with van der Waals surface area (Å²) in [5, 5.41) is 3.51. The molecule has 0 unspecified atom stereocenters. The van der Waals surface area contributed by atoms with E-state index in [1.807, 2.05) is 88.8 Å². The molecule has 0 heterocycles. The molecule has 1 amide bonds. The van der Waals surface area contributed by atoms with E-state index in [-0.39, 0.29) is 40.4 Å². The van der Waals surface area contributed by atoms with Gasteiger partial charge in [-0.1, -0.05) is 205 Å². The summed E-state index contributed by atoms with van der Waals surface area (Å²) in [4.78, 5) is 33.8. The van der Waals surface area contributed by atoms with Gasteiger partial charge in [-0.05, 0) is 105 Å². The second-order valence-corrected chi connectivity index (χ2v) is 35.1. The lowest BCUT2D eigenvalue weighted by Crippen LogP contribution is -2.56. The third-order valence-electron chi connectivity index (χ3n) is 12.6. The molecule has 0 saturated carbocycles. The lowest BCUT2D eigenvalue weighted by Gasteiger charge is -2.47. The summed E-state index contributed by atoms with van der Waals surface area (Å²) in [7, 11) is 0. The van der Waals surface area contributed by atoms with Crippen molar-refractivity contribution in [3.05, 3.63) is 207 Å². The van der Waals surface area contributed by atoms with Crippen LogP contribution in [0.25, 0.3) is 0 Å². The number of nitrogens with one attached hydrogen (secondary N) is 1. The van der Waals surface area contributed by atoms with Crippen LogP contribution in [0.5, 0.6) is 0 Å². The van der Waals surface area contributed by atoms with Crippen LogP contribution in [-0.4, -0.2) is 51.5 Å². The quantitative estimate of drug-likeness (QED) is 0.0294. The molecule has 0 fully saturated rings. The minimum Gasteiger partial charge on any atom is -0.456 e. The van der Waals surface area contributed by atoms with E-state index in [9.17, 15) is 9.59 Å². The maximum Gasteiger partial charge on any atom is 0.333 e. The van der Waals surface area contributed by atoms with Gasteiger partial charge in [0.1, 0.15) is 5.60 Å². The Labute approximate surface area is 502 Å². The van der Waals surface area contributed by atoms with Gasteiger partial charge in [0.15, 0.2) is 0 Å². The maximum absolute atomic E-state index is 13.3. The number of benzene rings is 6. The number of carbonyl (C=O) groups is 2. The van der Waals surface area contributed by atoms with Crippen molar-refractivity contribution in [1.29, 1.82) is 0 Å². The Kier molecular flexibility index (Phi) is 24.3. The summed E-state index contributed by atoms with van der Waals surface area (Å²) in [5.74, 6) is -0.432. The van der Waals surface area contributed by atoms with Gasteiger partial charge in [-0.15, -0.1) is 70.6 Å². The summed E-state index contributed by atoms with van der Waals surface area (Å²) >= 11 is 11.2. The lowest BCUT2D eigenvalue weighted by atomic mass is 9.75. The van der Waals surface area contributed by atoms with E-state index in [1.54, 1.807) is 6.92 Å². The van der Waals surface area contributed by atoms with Crippen molar-refractivity contribution in [1.82, 2.24) is 5.32 Å². The number of ether oxygens (including phenoxy) is 1. The molecule has 0 aliphatic carbocycles. The van der Waals surface area contributed by atoms with Gasteiger partial charge in [0.2, 0.25) is 5.91 Å². The molecule has 6 aromatic carbocycles. The molecule has 79 heavy (non-hydrogen) atoms. The van der Waals surface area contributed by atoms with Crippen LogP contribution in [0.15, 0.2) is 236 Å². The molecule has 0 spiro atoms. The maximum atomic E-state index is 13.3. The number of hydrogen-bond acceptors (Lipinski definition) is 9. The number of carbonyl (C=O) groups excluding carboxylic acids is 2. The molecule has 0 bridgehead atoms. The molecule has 4 nitrogen and oxygen atoms in total. The van der Waals surface area contributed by atoms with Crippen molar-refractivity contribution in [2.75, 3.05) is 0 Å². The molecule has 0 radical (unpaired) electrons. The van der Waals surface area contributed by atoms with Crippen LogP contribution in [0.3, 0.4) is 0 Å². The van der Waals surface area contributed by atoms with Gasteiger partial charge in [0.25, 0.3) is 0 Å². The molecule has 0 aliphatic rings. The monoisotopic (exact) mass is 1170 g/mol. The topological polar surface area (TPSA) is 55.4 Å². The first-order valence-electron chi connectivity index (χ1n) is 27.3. The average molecular weight is 1170 g/mol. The normalized spacial score (nSPS) is 12.7. The molecule has 0 aliphatic heterocycles. The van der Waals surface area contributed by atoms with Crippen molar-refractivity contribution in [2.45, 2.75) is 198 Å². The van der Waals surface area contributed by atoms with Crippen LogP contribution in [0, 0.1) is 0 Å². The molecule has 10 heteroatoms. The van der Waals surface area contributed by atoms with Gasteiger partial charge in [0, 0.05) is 88.2 Å². The summed E-state index contributed by atoms with van der Waals surface area (Å²) in [5.41, 5.74) is -0.759. The van der Waals surface area contributed by atoms with E-state index in [0.29, 0.717) is 24.8 Å². The Hall–Kier alpha value is -4.16. The molecule has 0 atom stereocenters. The number of amides is 1. The highest BCUT2D eigenvalue weighted by atomic mass is 32.2. The Morgan fingerprint density at radius 1 is 0.392 bits per heavy atom. The number of hydrogen-bond donors (Lipinski definition) is 1. The van der Waals surface area contributed by atoms with Crippen LogP contribution < -0.4 is 5.32 Å². The van der Waals surface area contributed by atoms with E-state index >= 15 is 0 Å². The Morgan fingerprint density at radius 2 is 0.595 bits per heavy atom. The predicted molar refractivity (Wildman–Crippen MR) is 351 cm³/mol. The zero-order valence-electron chi connectivity index (χ0n) is 49.2. The summed E-state index contributed by atoms with van der Waals surface area (Å²) in [6, 6.07) is 63.2. The first-order chi connectivity index (χ1) is 37.0. The zero-order chi connectivity index (χ0) is 58.0. The summed E-state index contributed by atoms with van der Waals surface area (Å²) in [6.45, 7) is 36.9. The van der Waals surface area contributed by atoms with Gasteiger partial charge in [-0.2, -0.15) is 0 Å². The van der Waals surface area contributed by atoms with Gasteiger partial charge in [0.05, 0.1) is 0 Å². The van der Waals surface area contributed by atoms with Crippen LogP contribution in [-0.2, 0) is 14.3 Å². The van der Waals surface area contributed by atoms with Crippen LogP contribution in [0.2, 0.25) is 0 Å². The van der Waals surface area contributed by atoms with Crippen molar-refractivity contribution in [3.8, 4) is 0 Å². The second-order valence-electron chi connectivity index (χ2n) is 24.4. The van der Waals surface area contributed by atoms with E-state index in [2.05, 4.69) is 265 Å². The highest BCUT2D eigenvalue weighted by Crippen LogP contribution is 2.53. The number of rotatable bonds is 28. The average Bonchev–Trinajstić information content (AvgIpc) is 3.39. The standard InChI is InChI=1S/C35H44O2S3.C34H43NOS3/c1-27(2)31(36)37-35(24-32(3,4)38-28-18-12-9-13-19-28,25-33(5,6)39-29-20-14-10-15-21-29)26-34(7,8)40-30-22-16-11-17-23-30;1-8-30(36)35-34(24-31(2,3)37-27-18-12-9-13-19-27,25-32(4,5)38-28-20-14-10-15-21-28)26-33(6,7)39-29-22-16-11-17-23-29/h9-23H,1,24-26H2,2-8H3;8-23H,1,24-26H2,2-7H3,(H,35,36). The fourth-order valence-electron chi connectivity index (χ4n) is 11.0. The van der Waals surface area contributed by atoms with Gasteiger partial charge >= 0.3 is 5.97 Å². The molecule has 1 N–H and O–H groups in total. The molecule has 0 saturated heterocycles. The van der Waals surface area contributed by atoms with Crippen LogP contribution in [0.4, 0.5) is 0 Å². The third kappa shape index (κ3) is 24.1. The minimum absolute atomic E-state index is 0.114. The summed E-state index contributed by atoms with van der Waals surface area (Å²) < 4.78 is 5.67. The van der Waals surface area contributed by atoms with E-state index in [4.69, 9.17) is 4.74 Å². The van der Waals surface area contributed by atoms with Gasteiger partial charge < -0.3 is 10.1 Å². The summed E-state index contributed by atoms with van der Waals surface area (Å²) in [6.07, 6.45) is 5.98. The predicted octanol–water partition coefficient (Wildman–Crippen LogP) is 20.6. The van der Waals surface area contributed by atoms with E-state index < -0.39 is 11.1 Å². The number of thioether (sulfide) groups is 6. The fourth-order valence-corrected chi connectivity index (χ4v) is 18.7. The van der Waals surface area contributed by atoms with Crippen molar-refractivity contribution in [2.24, 2.45) is 0 Å². The Bertz CT molecular complexity index is 2550. The number of esters is 1. The molecule has 422 valence electrons. The minimum atomic E-state index is -0.724. The second kappa shape index (κ2) is 29.2. The molecular formula is C69H87NO3S6. The van der Waals surface area contributed by atoms with Crippen LogP contribution in [0.1, 0.15) is 129 Å². The smallest absolute Gasteiger partial charge is 0.333 e. The first-order valence-corrected chi connectivity index (χ1v) is 32.2.